The smallest absolute Gasteiger partial charge is 0.287 e. The molecular formula is C21H21N3O2. The molecule has 0 radical (unpaired) electrons. The van der Waals surface area contributed by atoms with Crippen molar-refractivity contribution in [2.24, 2.45) is 0 Å². The van der Waals surface area contributed by atoms with Gasteiger partial charge in [0, 0.05) is 35.6 Å². The molecule has 2 fully saturated rings. The minimum atomic E-state index is -0.126. The minimum absolute atomic E-state index is 0.126. The van der Waals surface area contributed by atoms with Crippen LogP contribution in [0.2, 0.25) is 0 Å². The number of benzene rings is 1. The first-order chi connectivity index (χ1) is 12.8. The molecule has 0 spiro atoms. The van der Waals surface area contributed by atoms with Crippen molar-refractivity contribution in [3.8, 4) is 22.6 Å². The van der Waals surface area contributed by atoms with E-state index in [-0.39, 0.29) is 11.9 Å². The molecule has 2 aliphatic heterocycles. The molecule has 2 aromatic heterocycles. The first-order valence-corrected chi connectivity index (χ1v) is 9.17. The van der Waals surface area contributed by atoms with Gasteiger partial charge >= 0.3 is 0 Å². The first-order valence-electron chi connectivity index (χ1n) is 9.17. The molecule has 2 bridgehead atoms. The van der Waals surface area contributed by atoms with Gasteiger partial charge in [0.25, 0.3) is 5.91 Å². The molecule has 2 aliphatic rings. The summed E-state index contributed by atoms with van der Waals surface area (Å²) in [5.74, 6) is 0.953. The third-order valence-corrected chi connectivity index (χ3v) is 5.52. The van der Waals surface area contributed by atoms with Gasteiger partial charge in [-0.15, -0.1) is 0 Å². The predicted octanol–water partition coefficient (Wildman–Crippen LogP) is 3.56. The standard InChI is InChI=1S/C21H21N3O2/c25-21(24-18-12-15-7-8-17(18)23-15)20-10-9-19(26-20)14-5-3-13(4-6-14)16-2-1-11-22-16/h1-6,9-11,15,17-18,22-23H,7-8,12H2,(H,24,25). The van der Waals surface area contributed by atoms with Crippen LogP contribution < -0.4 is 10.6 Å². The Morgan fingerprint density at radius 1 is 1.04 bits per heavy atom. The van der Waals surface area contributed by atoms with Crippen molar-refractivity contribution in [3.05, 3.63) is 60.5 Å². The van der Waals surface area contributed by atoms with Gasteiger partial charge in [0.1, 0.15) is 5.76 Å². The number of hydrogen-bond acceptors (Lipinski definition) is 3. The van der Waals surface area contributed by atoms with Gasteiger partial charge in [-0.2, -0.15) is 0 Å². The van der Waals surface area contributed by atoms with E-state index in [0.29, 0.717) is 23.6 Å². The normalized spacial score (nSPS) is 24.1. The van der Waals surface area contributed by atoms with Crippen molar-refractivity contribution in [3.63, 3.8) is 0 Å². The fraction of sp³-hybridized carbons (Fsp3) is 0.286. The molecule has 3 unspecified atom stereocenters. The number of hydrogen-bond donors (Lipinski definition) is 3. The number of aromatic amines is 1. The zero-order valence-electron chi connectivity index (χ0n) is 14.4. The molecule has 5 heteroatoms. The number of H-pyrrole nitrogens is 1. The van der Waals surface area contributed by atoms with Crippen LogP contribution in [0, 0.1) is 0 Å². The van der Waals surface area contributed by atoms with E-state index in [1.165, 1.54) is 6.42 Å². The van der Waals surface area contributed by atoms with E-state index in [1.54, 1.807) is 6.07 Å². The zero-order valence-corrected chi connectivity index (χ0v) is 14.4. The van der Waals surface area contributed by atoms with Gasteiger partial charge in [-0.05, 0) is 49.1 Å². The van der Waals surface area contributed by atoms with Crippen LogP contribution in [0.1, 0.15) is 29.8 Å². The van der Waals surface area contributed by atoms with Crippen LogP contribution in [0.4, 0.5) is 0 Å². The highest BCUT2D eigenvalue weighted by Crippen LogP contribution is 2.29. The Balaban J connectivity index is 1.29. The molecule has 0 aliphatic carbocycles. The minimum Gasteiger partial charge on any atom is -0.451 e. The average molecular weight is 347 g/mol. The molecule has 5 rings (SSSR count). The largest absolute Gasteiger partial charge is 0.451 e. The molecule has 132 valence electrons. The summed E-state index contributed by atoms with van der Waals surface area (Å²) in [6.45, 7) is 0. The molecule has 26 heavy (non-hydrogen) atoms. The third-order valence-electron chi connectivity index (χ3n) is 5.52. The number of carbonyl (C=O) groups is 1. The van der Waals surface area contributed by atoms with Gasteiger partial charge in [0.05, 0.1) is 0 Å². The van der Waals surface area contributed by atoms with Crippen molar-refractivity contribution in [2.45, 2.75) is 37.4 Å². The quantitative estimate of drug-likeness (QED) is 0.676. The van der Waals surface area contributed by atoms with E-state index in [2.05, 4.69) is 15.6 Å². The van der Waals surface area contributed by atoms with Crippen molar-refractivity contribution in [1.29, 1.82) is 0 Å². The molecule has 5 nitrogen and oxygen atoms in total. The summed E-state index contributed by atoms with van der Waals surface area (Å²) in [4.78, 5) is 15.7. The van der Waals surface area contributed by atoms with Gasteiger partial charge in [-0.1, -0.05) is 24.3 Å². The van der Waals surface area contributed by atoms with E-state index in [9.17, 15) is 4.79 Å². The lowest BCUT2D eigenvalue weighted by Gasteiger charge is -2.20. The van der Waals surface area contributed by atoms with Crippen molar-refractivity contribution < 1.29 is 9.21 Å². The summed E-state index contributed by atoms with van der Waals surface area (Å²) in [5.41, 5.74) is 3.16. The second-order valence-electron chi connectivity index (χ2n) is 7.19. The predicted molar refractivity (Wildman–Crippen MR) is 99.7 cm³/mol. The van der Waals surface area contributed by atoms with Gasteiger partial charge in [-0.25, -0.2) is 0 Å². The molecule has 4 heterocycles. The van der Waals surface area contributed by atoms with E-state index < -0.39 is 0 Å². The molecule has 2 saturated heterocycles. The average Bonchev–Trinajstić information content (AvgIpc) is 3.46. The van der Waals surface area contributed by atoms with Crippen LogP contribution in [0.5, 0.6) is 0 Å². The molecular weight excluding hydrogens is 326 g/mol. The number of amides is 1. The van der Waals surface area contributed by atoms with Gasteiger partial charge in [0.2, 0.25) is 0 Å². The lowest BCUT2D eigenvalue weighted by atomic mass is 9.95. The molecule has 3 aromatic rings. The SMILES string of the molecule is O=C(NC1CC2CCC1N2)c1ccc(-c2ccc(-c3ccc[nH]3)cc2)o1. The summed E-state index contributed by atoms with van der Waals surface area (Å²) in [6, 6.07) is 16.9. The molecule has 1 aromatic carbocycles. The number of fused-ring (bicyclic) bond motifs is 2. The Morgan fingerprint density at radius 3 is 2.58 bits per heavy atom. The summed E-state index contributed by atoms with van der Waals surface area (Å²) >= 11 is 0. The van der Waals surface area contributed by atoms with Gasteiger partial charge in [0.15, 0.2) is 5.76 Å². The van der Waals surface area contributed by atoms with Crippen LogP contribution in [0.3, 0.4) is 0 Å². The van der Waals surface area contributed by atoms with E-state index in [1.807, 2.05) is 48.7 Å². The van der Waals surface area contributed by atoms with Gasteiger partial charge < -0.3 is 20.0 Å². The Bertz CT molecular complexity index is 911. The molecule has 3 N–H and O–H groups in total. The summed E-state index contributed by atoms with van der Waals surface area (Å²) < 4.78 is 5.81. The van der Waals surface area contributed by atoms with Crippen molar-refractivity contribution >= 4 is 5.91 Å². The highest BCUT2D eigenvalue weighted by Gasteiger charge is 2.39. The fourth-order valence-electron chi connectivity index (χ4n) is 4.16. The number of aromatic nitrogens is 1. The Kier molecular flexibility index (Phi) is 3.68. The first kappa shape index (κ1) is 15.5. The fourth-order valence-corrected chi connectivity index (χ4v) is 4.16. The van der Waals surface area contributed by atoms with Crippen LogP contribution in [0.15, 0.2) is 59.1 Å². The Hall–Kier alpha value is -2.79. The second kappa shape index (κ2) is 6.18. The van der Waals surface area contributed by atoms with Crippen molar-refractivity contribution in [2.75, 3.05) is 0 Å². The number of rotatable bonds is 4. The molecule has 0 saturated carbocycles. The van der Waals surface area contributed by atoms with E-state index >= 15 is 0 Å². The topological polar surface area (TPSA) is 70.1 Å². The third kappa shape index (κ3) is 2.74. The van der Waals surface area contributed by atoms with Crippen LogP contribution in [0.25, 0.3) is 22.6 Å². The maximum absolute atomic E-state index is 12.5. The highest BCUT2D eigenvalue weighted by atomic mass is 16.3. The maximum atomic E-state index is 12.5. The lowest BCUT2D eigenvalue weighted by Crippen LogP contribution is -2.42. The van der Waals surface area contributed by atoms with Crippen LogP contribution >= 0.6 is 0 Å². The van der Waals surface area contributed by atoms with Crippen molar-refractivity contribution in [1.82, 2.24) is 15.6 Å². The van der Waals surface area contributed by atoms with Crippen LogP contribution in [-0.2, 0) is 0 Å². The number of furan rings is 1. The Labute approximate surface area is 151 Å². The van der Waals surface area contributed by atoms with E-state index in [0.717, 1.165) is 29.7 Å². The molecule has 1 amide bonds. The second-order valence-corrected chi connectivity index (χ2v) is 7.19. The maximum Gasteiger partial charge on any atom is 0.287 e. The zero-order chi connectivity index (χ0) is 17.5. The lowest BCUT2D eigenvalue weighted by molar-refractivity contribution is 0.0903. The highest BCUT2D eigenvalue weighted by molar-refractivity contribution is 5.92. The summed E-state index contributed by atoms with van der Waals surface area (Å²) in [5, 5.41) is 6.65. The van der Waals surface area contributed by atoms with Crippen LogP contribution in [-0.4, -0.2) is 29.0 Å². The van der Waals surface area contributed by atoms with E-state index in [4.69, 9.17) is 4.42 Å². The Morgan fingerprint density at radius 2 is 1.88 bits per heavy atom. The summed E-state index contributed by atoms with van der Waals surface area (Å²) in [6.07, 6.45) is 5.29. The number of carbonyl (C=O) groups excluding carboxylic acids is 1. The monoisotopic (exact) mass is 347 g/mol. The van der Waals surface area contributed by atoms with Gasteiger partial charge in [-0.3, -0.25) is 4.79 Å². The number of nitrogens with one attached hydrogen (secondary N) is 3. The molecule has 3 atom stereocenters. The summed E-state index contributed by atoms with van der Waals surface area (Å²) in [7, 11) is 0.